The summed E-state index contributed by atoms with van der Waals surface area (Å²) in [7, 11) is 0. The highest BCUT2D eigenvalue weighted by Crippen LogP contribution is 2.23. The molecule has 0 aromatic heterocycles. The van der Waals surface area contributed by atoms with Gasteiger partial charge in [-0.2, -0.15) is 0 Å². The fourth-order valence-corrected chi connectivity index (χ4v) is 3.82. The molecule has 0 saturated heterocycles. The van der Waals surface area contributed by atoms with Gasteiger partial charge in [0.2, 0.25) is 0 Å². The molecule has 0 aliphatic carbocycles. The van der Waals surface area contributed by atoms with Gasteiger partial charge >= 0.3 is 0 Å². The Kier molecular flexibility index (Phi) is 12.8. The van der Waals surface area contributed by atoms with E-state index < -0.39 is 11.3 Å². The highest BCUT2D eigenvalue weighted by molar-refractivity contribution is 7.76. The van der Waals surface area contributed by atoms with Crippen molar-refractivity contribution in [3.05, 3.63) is 0 Å². The van der Waals surface area contributed by atoms with Gasteiger partial charge in [-0.05, 0) is 25.7 Å². The van der Waals surface area contributed by atoms with Crippen LogP contribution in [0.3, 0.4) is 0 Å². The predicted octanol–water partition coefficient (Wildman–Crippen LogP) is 4.80. The van der Waals surface area contributed by atoms with Gasteiger partial charge in [-0.15, -0.1) is 0 Å². The molecule has 20 heavy (non-hydrogen) atoms. The van der Waals surface area contributed by atoms with Gasteiger partial charge in [0.25, 0.3) is 0 Å². The van der Waals surface area contributed by atoms with E-state index in [1.54, 1.807) is 4.31 Å². The van der Waals surface area contributed by atoms with E-state index in [1.165, 1.54) is 25.7 Å². The third-order valence-corrected chi connectivity index (χ3v) is 5.06. The van der Waals surface area contributed by atoms with E-state index in [4.69, 9.17) is 0 Å². The first kappa shape index (κ1) is 20.1. The molecule has 3 unspecified atom stereocenters. The summed E-state index contributed by atoms with van der Waals surface area (Å²) in [5.74, 6) is 0. The number of hydrogen-bond donors (Lipinski definition) is 0. The lowest BCUT2D eigenvalue weighted by atomic mass is 10.0. The van der Waals surface area contributed by atoms with Gasteiger partial charge in [-0.25, -0.2) is 4.31 Å². The second kappa shape index (κ2) is 12.8. The fourth-order valence-electron chi connectivity index (χ4n) is 2.82. The van der Waals surface area contributed by atoms with Gasteiger partial charge in [0.05, 0.1) is 0 Å². The zero-order valence-electron chi connectivity index (χ0n) is 13.9. The first-order chi connectivity index (χ1) is 9.62. The molecule has 0 aliphatic rings. The van der Waals surface area contributed by atoms with Gasteiger partial charge < -0.3 is 4.55 Å². The normalized spacial score (nSPS) is 16.3. The summed E-state index contributed by atoms with van der Waals surface area (Å²) in [6.07, 6.45) is 10.9. The second-order valence-electron chi connectivity index (χ2n) is 5.69. The lowest BCUT2D eigenvalue weighted by Crippen LogP contribution is -2.44. The van der Waals surface area contributed by atoms with Crippen LogP contribution in [0.25, 0.3) is 0 Å². The Bertz CT molecular complexity index is 231. The molecule has 4 heteroatoms. The van der Waals surface area contributed by atoms with E-state index in [1.807, 2.05) is 0 Å². The third kappa shape index (κ3) is 7.75. The summed E-state index contributed by atoms with van der Waals surface area (Å²) in [5, 5.41) is 0. The number of unbranched alkanes of at least 4 members (excludes halogenated alkanes) is 4. The summed E-state index contributed by atoms with van der Waals surface area (Å²) in [5.41, 5.74) is 0. The van der Waals surface area contributed by atoms with Crippen LogP contribution in [-0.4, -0.2) is 25.2 Å². The molecular formula is C16H34NO2S-. The van der Waals surface area contributed by atoms with Crippen molar-refractivity contribution in [3.63, 3.8) is 0 Å². The Hall–Kier alpha value is 0.0700. The van der Waals surface area contributed by atoms with Crippen molar-refractivity contribution in [2.24, 2.45) is 0 Å². The Balaban J connectivity index is 4.64. The standard InChI is InChI=1S/C16H35NO2S/c1-5-9-11-13-15(7-3)17(20(18)19)16(8-4)14-12-10-6-2/h15-16H,5-14H2,1-4H3,(H,18,19)/p-1. The average Bonchev–Trinajstić information content (AvgIpc) is 2.44. The summed E-state index contributed by atoms with van der Waals surface area (Å²) < 4.78 is 25.2. The average molecular weight is 305 g/mol. The number of hydrogen-bond acceptors (Lipinski definition) is 2. The van der Waals surface area contributed by atoms with E-state index in [9.17, 15) is 8.76 Å². The van der Waals surface area contributed by atoms with Crippen LogP contribution in [0.5, 0.6) is 0 Å². The summed E-state index contributed by atoms with van der Waals surface area (Å²) in [6, 6.07) is 0.373. The molecule has 0 aromatic carbocycles. The minimum atomic E-state index is -2.09. The van der Waals surface area contributed by atoms with Crippen LogP contribution in [0.15, 0.2) is 0 Å². The Morgan fingerprint density at radius 2 is 1.25 bits per heavy atom. The maximum absolute atomic E-state index is 11.7. The van der Waals surface area contributed by atoms with Crippen molar-refractivity contribution < 1.29 is 8.76 Å². The molecule has 0 N–H and O–H groups in total. The Morgan fingerprint density at radius 1 is 0.850 bits per heavy atom. The highest BCUT2D eigenvalue weighted by atomic mass is 32.2. The van der Waals surface area contributed by atoms with Crippen LogP contribution in [-0.2, 0) is 11.3 Å². The summed E-state index contributed by atoms with van der Waals surface area (Å²) in [4.78, 5) is 0. The van der Waals surface area contributed by atoms with Gasteiger partial charge in [-0.3, -0.25) is 4.21 Å². The molecule has 0 aliphatic heterocycles. The van der Waals surface area contributed by atoms with Crippen LogP contribution in [0.2, 0.25) is 0 Å². The molecular weight excluding hydrogens is 270 g/mol. The molecule has 0 heterocycles. The molecule has 3 nitrogen and oxygen atoms in total. The molecule has 122 valence electrons. The molecule has 0 saturated carbocycles. The van der Waals surface area contributed by atoms with Crippen LogP contribution in [0.4, 0.5) is 0 Å². The Morgan fingerprint density at radius 3 is 1.50 bits per heavy atom. The topological polar surface area (TPSA) is 43.4 Å². The lowest BCUT2D eigenvalue weighted by molar-refractivity contribution is 0.204. The van der Waals surface area contributed by atoms with Crippen LogP contribution >= 0.6 is 0 Å². The van der Waals surface area contributed by atoms with E-state index in [0.29, 0.717) is 0 Å². The number of rotatable bonds is 13. The quantitative estimate of drug-likeness (QED) is 0.362. The summed E-state index contributed by atoms with van der Waals surface area (Å²) >= 11 is -2.09. The van der Waals surface area contributed by atoms with Gasteiger partial charge in [0.15, 0.2) is 0 Å². The molecule has 0 fully saturated rings. The molecule has 0 rings (SSSR count). The Labute approximate surface area is 128 Å². The molecule has 0 aromatic rings. The van der Waals surface area contributed by atoms with E-state index >= 15 is 0 Å². The van der Waals surface area contributed by atoms with Gasteiger partial charge in [0, 0.05) is 23.4 Å². The van der Waals surface area contributed by atoms with Crippen LogP contribution in [0, 0.1) is 0 Å². The minimum absolute atomic E-state index is 0.187. The van der Waals surface area contributed by atoms with Crippen molar-refractivity contribution in [3.8, 4) is 0 Å². The molecule has 0 amide bonds. The maximum Gasteiger partial charge on any atom is 0.0215 e. The smallest absolute Gasteiger partial charge is 0.0215 e. The second-order valence-corrected chi connectivity index (χ2v) is 6.55. The third-order valence-electron chi connectivity index (χ3n) is 4.12. The highest BCUT2D eigenvalue weighted by Gasteiger charge is 2.24. The van der Waals surface area contributed by atoms with Crippen molar-refractivity contribution in [2.75, 3.05) is 0 Å². The number of nitrogens with zero attached hydrogens (tertiary/aromatic N) is 1. The van der Waals surface area contributed by atoms with Crippen molar-refractivity contribution >= 4 is 11.3 Å². The van der Waals surface area contributed by atoms with E-state index in [0.717, 1.165) is 38.5 Å². The first-order valence-electron chi connectivity index (χ1n) is 8.49. The molecule has 3 atom stereocenters. The van der Waals surface area contributed by atoms with Crippen molar-refractivity contribution in [1.29, 1.82) is 0 Å². The first-order valence-corrected chi connectivity index (χ1v) is 9.53. The zero-order chi connectivity index (χ0) is 15.4. The SMILES string of the molecule is CCCCCC(CC)N(C(CC)CCCCC)S(=O)[O-]. The largest absolute Gasteiger partial charge is 0.760 e. The van der Waals surface area contributed by atoms with Crippen LogP contribution < -0.4 is 0 Å². The zero-order valence-corrected chi connectivity index (χ0v) is 14.7. The molecule has 0 spiro atoms. The minimum Gasteiger partial charge on any atom is -0.760 e. The van der Waals surface area contributed by atoms with E-state index in [-0.39, 0.29) is 12.1 Å². The maximum atomic E-state index is 11.7. The van der Waals surface area contributed by atoms with Crippen LogP contribution in [0.1, 0.15) is 91.9 Å². The predicted molar refractivity (Wildman–Crippen MR) is 87.2 cm³/mol. The lowest BCUT2D eigenvalue weighted by Gasteiger charge is -2.38. The molecule has 0 radical (unpaired) electrons. The van der Waals surface area contributed by atoms with E-state index in [2.05, 4.69) is 27.7 Å². The summed E-state index contributed by atoms with van der Waals surface area (Å²) in [6.45, 7) is 8.58. The monoisotopic (exact) mass is 304 g/mol. The van der Waals surface area contributed by atoms with Gasteiger partial charge in [-0.1, -0.05) is 66.2 Å². The van der Waals surface area contributed by atoms with Crippen molar-refractivity contribution in [1.82, 2.24) is 4.31 Å². The molecule has 0 bridgehead atoms. The van der Waals surface area contributed by atoms with Crippen molar-refractivity contribution in [2.45, 2.75) is 104 Å². The fraction of sp³-hybridized carbons (Fsp3) is 1.00. The van der Waals surface area contributed by atoms with Gasteiger partial charge in [0.1, 0.15) is 0 Å².